The van der Waals surface area contributed by atoms with E-state index in [-0.39, 0.29) is 18.2 Å². The van der Waals surface area contributed by atoms with Crippen LogP contribution in [-0.4, -0.2) is 38.2 Å². The molecule has 0 radical (unpaired) electrons. The number of nitrogens with zero attached hydrogens (tertiary/aromatic N) is 1. The summed E-state index contributed by atoms with van der Waals surface area (Å²) in [6.07, 6.45) is 1.53. The highest BCUT2D eigenvalue weighted by Gasteiger charge is 2.24. The van der Waals surface area contributed by atoms with E-state index in [9.17, 15) is 14.0 Å². The van der Waals surface area contributed by atoms with Gasteiger partial charge >= 0.3 is 11.9 Å². The molecule has 1 aliphatic rings. The van der Waals surface area contributed by atoms with Crippen molar-refractivity contribution < 1.29 is 32.9 Å². The Morgan fingerprint density at radius 3 is 2.59 bits per heavy atom. The number of aliphatic imine (C=N–C) groups is 1. The lowest BCUT2D eigenvalue weighted by Crippen LogP contribution is -2.13. The molecule has 0 aromatic heterocycles. The molecule has 1 heterocycles. The molecule has 0 aliphatic carbocycles. The van der Waals surface area contributed by atoms with Crippen molar-refractivity contribution >= 4 is 23.9 Å². The highest BCUT2D eigenvalue weighted by atomic mass is 19.1. The van der Waals surface area contributed by atoms with E-state index in [0.29, 0.717) is 29.2 Å². The molecule has 0 unspecified atom stereocenters. The van der Waals surface area contributed by atoms with Gasteiger partial charge in [0.15, 0.2) is 23.8 Å². The Morgan fingerprint density at radius 1 is 1.14 bits per heavy atom. The number of carbonyl (C=O) groups excluding carboxylic acids is 2. The minimum atomic E-state index is -0.617. The van der Waals surface area contributed by atoms with Crippen LogP contribution in [0.3, 0.4) is 0 Å². The molecule has 2 aromatic rings. The maximum Gasteiger partial charge on any atom is 0.363 e. The SMILES string of the molecule is CCOc1cc(/C=C2/N=C(c3ccc(F)cc3)OC2=O)ccc1OCC(=O)OC. The number of benzene rings is 2. The van der Waals surface area contributed by atoms with Crippen LogP contribution in [0.2, 0.25) is 0 Å². The molecular formula is C21H18FNO6. The second-order valence-electron chi connectivity index (χ2n) is 5.85. The van der Waals surface area contributed by atoms with E-state index in [1.54, 1.807) is 18.2 Å². The molecule has 3 rings (SSSR count). The number of methoxy groups -OCH3 is 1. The maximum atomic E-state index is 13.1. The van der Waals surface area contributed by atoms with Crippen molar-refractivity contribution in [2.75, 3.05) is 20.3 Å². The van der Waals surface area contributed by atoms with Crippen LogP contribution < -0.4 is 9.47 Å². The average molecular weight is 399 g/mol. The van der Waals surface area contributed by atoms with Crippen molar-refractivity contribution in [3.05, 3.63) is 65.1 Å². The molecule has 0 spiro atoms. The van der Waals surface area contributed by atoms with Crippen LogP contribution in [0.1, 0.15) is 18.1 Å². The van der Waals surface area contributed by atoms with Gasteiger partial charge in [0.1, 0.15) is 5.82 Å². The van der Waals surface area contributed by atoms with E-state index in [0.717, 1.165) is 0 Å². The van der Waals surface area contributed by atoms with Gasteiger partial charge in [-0.25, -0.2) is 19.0 Å². The Kier molecular flexibility index (Phi) is 6.23. The first-order valence-electron chi connectivity index (χ1n) is 8.75. The molecule has 8 heteroatoms. The van der Waals surface area contributed by atoms with E-state index in [2.05, 4.69) is 9.73 Å². The molecule has 29 heavy (non-hydrogen) atoms. The topological polar surface area (TPSA) is 83.4 Å². The van der Waals surface area contributed by atoms with E-state index in [1.165, 1.54) is 37.5 Å². The van der Waals surface area contributed by atoms with Gasteiger partial charge in [0, 0.05) is 5.56 Å². The van der Waals surface area contributed by atoms with Crippen LogP contribution in [0.4, 0.5) is 4.39 Å². The number of ether oxygens (including phenoxy) is 4. The number of esters is 2. The minimum absolute atomic E-state index is 0.0926. The largest absolute Gasteiger partial charge is 0.490 e. The van der Waals surface area contributed by atoms with Crippen molar-refractivity contribution in [3.63, 3.8) is 0 Å². The monoisotopic (exact) mass is 399 g/mol. The molecule has 0 saturated carbocycles. The second kappa shape index (κ2) is 9.01. The fourth-order valence-corrected chi connectivity index (χ4v) is 2.48. The lowest BCUT2D eigenvalue weighted by molar-refractivity contribution is -0.143. The molecule has 1 aliphatic heterocycles. The van der Waals surface area contributed by atoms with Gasteiger partial charge in [0.05, 0.1) is 13.7 Å². The first-order valence-corrected chi connectivity index (χ1v) is 8.75. The standard InChI is InChI=1S/C21H18FNO6/c1-3-27-18-11-13(4-9-17(18)28-12-19(24)26-2)10-16-21(25)29-20(23-16)14-5-7-15(22)8-6-14/h4-11H,3,12H2,1-2H3/b16-10+. The van der Waals surface area contributed by atoms with Crippen molar-refractivity contribution in [2.45, 2.75) is 6.92 Å². The first kappa shape index (κ1) is 20.1. The third-order valence-corrected chi connectivity index (χ3v) is 3.86. The van der Waals surface area contributed by atoms with Crippen molar-refractivity contribution in [3.8, 4) is 11.5 Å². The number of halogens is 1. The molecule has 0 amide bonds. The number of cyclic esters (lactones) is 1. The summed E-state index contributed by atoms with van der Waals surface area (Å²) in [5, 5.41) is 0. The Bertz CT molecular complexity index is 981. The normalized spacial score (nSPS) is 14.4. The molecule has 0 bridgehead atoms. The van der Waals surface area contributed by atoms with E-state index in [1.807, 2.05) is 6.92 Å². The van der Waals surface area contributed by atoms with E-state index in [4.69, 9.17) is 14.2 Å². The zero-order valence-corrected chi connectivity index (χ0v) is 15.8. The summed E-state index contributed by atoms with van der Waals surface area (Å²) >= 11 is 0. The molecule has 150 valence electrons. The Morgan fingerprint density at radius 2 is 1.90 bits per heavy atom. The highest BCUT2D eigenvalue weighted by Crippen LogP contribution is 2.30. The van der Waals surface area contributed by atoms with E-state index < -0.39 is 17.8 Å². The molecular weight excluding hydrogens is 381 g/mol. The van der Waals surface area contributed by atoms with Crippen LogP contribution >= 0.6 is 0 Å². The van der Waals surface area contributed by atoms with Crippen LogP contribution in [-0.2, 0) is 19.1 Å². The summed E-state index contributed by atoms with van der Waals surface area (Å²) in [7, 11) is 1.27. The third kappa shape index (κ3) is 4.98. The number of rotatable bonds is 7. The van der Waals surface area contributed by atoms with Crippen LogP contribution in [0, 0.1) is 5.82 Å². The van der Waals surface area contributed by atoms with Gasteiger partial charge in [-0.15, -0.1) is 0 Å². The molecule has 0 N–H and O–H groups in total. The maximum absolute atomic E-state index is 13.1. The zero-order valence-electron chi connectivity index (χ0n) is 15.8. The lowest BCUT2D eigenvalue weighted by atomic mass is 10.1. The number of carbonyl (C=O) groups is 2. The summed E-state index contributed by atoms with van der Waals surface area (Å²) in [6.45, 7) is 1.93. The van der Waals surface area contributed by atoms with Crippen LogP contribution in [0.15, 0.2) is 53.2 Å². The summed E-state index contributed by atoms with van der Waals surface area (Å²) < 4.78 is 33.7. The van der Waals surface area contributed by atoms with Crippen LogP contribution in [0.5, 0.6) is 11.5 Å². The van der Waals surface area contributed by atoms with Gasteiger partial charge in [-0.3, -0.25) is 0 Å². The predicted molar refractivity (Wildman–Crippen MR) is 102 cm³/mol. The quantitative estimate of drug-likeness (QED) is 0.526. The van der Waals surface area contributed by atoms with Crippen molar-refractivity contribution in [1.29, 1.82) is 0 Å². The van der Waals surface area contributed by atoms with E-state index >= 15 is 0 Å². The third-order valence-electron chi connectivity index (χ3n) is 3.86. The van der Waals surface area contributed by atoms with Crippen molar-refractivity contribution in [1.82, 2.24) is 0 Å². The number of hydrogen-bond donors (Lipinski definition) is 0. The average Bonchev–Trinajstić information content (AvgIpc) is 3.08. The fourth-order valence-electron chi connectivity index (χ4n) is 2.48. The van der Waals surface area contributed by atoms with Crippen LogP contribution in [0.25, 0.3) is 6.08 Å². The highest BCUT2D eigenvalue weighted by molar-refractivity contribution is 6.12. The molecule has 0 fully saturated rings. The van der Waals surface area contributed by atoms with Gasteiger partial charge < -0.3 is 18.9 Å². The first-order chi connectivity index (χ1) is 14.0. The lowest BCUT2D eigenvalue weighted by Gasteiger charge is -2.11. The van der Waals surface area contributed by atoms with Gasteiger partial charge in [0.2, 0.25) is 5.90 Å². The second-order valence-corrected chi connectivity index (χ2v) is 5.85. The Balaban J connectivity index is 1.84. The number of hydrogen-bond acceptors (Lipinski definition) is 7. The Hall–Kier alpha value is -3.68. The summed E-state index contributed by atoms with van der Waals surface area (Å²) in [5.74, 6) is -0.663. The molecule has 0 saturated heterocycles. The molecule has 7 nitrogen and oxygen atoms in total. The smallest absolute Gasteiger partial charge is 0.363 e. The summed E-state index contributed by atoms with van der Waals surface area (Å²) in [6, 6.07) is 10.4. The summed E-state index contributed by atoms with van der Waals surface area (Å²) in [4.78, 5) is 27.6. The van der Waals surface area contributed by atoms with Crippen molar-refractivity contribution in [2.24, 2.45) is 4.99 Å². The minimum Gasteiger partial charge on any atom is -0.490 e. The van der Waals surface area contributed by atoms with Gasteiger partial charge in [-0.05, 0) is 55.0 Å². The predicted octanol–water partition coefficient (Wildman–Crippen LogP) is 3.12. The van der Waals surface area contributed by atoms with Gasteiger partial charge in [-0.2, -0.15) is 0 Å². The van der Waals surface area contributed by atoms with Gasteiger partial charge in [0.25, 0.3) is 0 Å². The Labute approximate surface area is 166 Å². The molecule has 0 atom stereocenters. The summed E-state index contributed by atoms with van der Waals surface area (Å²) in [5.41, 5.74) is 1.20. The fraction of sp³-hybridized carbons (Fsp3) is 0.190. The molecule has 2 aromatic carbocycles. The van der Waals surface area contributed by atoms with Gasteiger partial charge in [-0.1, -0.05) is 6.07 Å². The zero-order chi connectivity index (χ0) is 20.8.